The van der Waals surface area contributed by atoms with Gasteiger partial charge in [0.25, 0.3) is 0 Å². The SMILES string of the molecule is Cc1cc([C@@H]2CCCCN2CCC(=O)NCc2cccs2)no1. The molecule has 5 nitrogen and oxygen atoms in total. The normalized spacial score (nSPS) is 18.9. The molecule has 1 atom stereocenters. The number of rotatable bonds is 6. The number of likely N-dealkylation sites (tertiary alicyclic amines) is 1. The Morgan fingerprint density at radius 1 is 1.52 bits per heavy atom. The monoisotopic (exact) mass is 333 g/mol. The van der Waals surface area contributed by atoms with Gasteiger partial charge in [-0.3, -0.25) is 9.69 Å². The van der Waals surface area contributed by atoms with Crippen molar-refractivity contribution in [1.82, 2.24) is 15.4 Å². The van der Waals surface area contributed by atoms with Crippen LogP contribution in [0.5, 0.6) is 0 Å². The Hall–Kier alpha value is -1.66. The van der Waals surface area contributed by atoms with Gasteiger partial charge in [0.1, 0.15) is 11.5 Å². The molecule has 2 aromatic rings. The Labute approximate surface area is 140 Å². The second kappa shape index (κ2) is 7.75. The average molecular weight is 333 g/mol. The van der Waals surface area contributed by atoms with Crippen LogP contribution in [0.25, 0.3) is 0 Å². The van der Waals surface area contributed by atoms with Gasteiger partial charge in [-0.1, -0.05) is 17.6 Å². The lowest BCUT2D eigenvalue weighted by molar-refractivity contribution is -0.121. The maximum atomic E-state index is 12.1. The summed E-state index contributed by atoms with van der Waals surface area (Å²) in [6.07, 6.45) is 4.00. The first kappa shape index (κ1) is 16.2. The van der Waals surface area contributed by atoms with Crippen LogP contribution < -0.4 is 5.32 Å². The molecule has 3 heterocycles. The number of carbonyl (C=O) groups is 1. The number of thiophene rings is 1. The number of piperidine rings is 1. The Balaban J connectivity index is 1.50. The molecular formula is C17H23N3O2S. The molecule has 1 aliphatic heterocycles. The first-order valence-electron chi connectivity index (χ1n) is 8.19. The van der Waals surface area contributed by atoms with Gasteiger partial charge in [-0.2, -0.15) is 0 Å². The van der Waals surface area contributed by atoms with E-state index in [4.69, 9.17) is 4.52 Å². The van der Waals surface area contributed by atoms with E-state index >= 15 is 0 Å². The molecule has 1 aliphatic rings. The highest BCUT2D eigenvalue weighted by Crippen LogP contribution is 2.30. The molecule has 1 N–H and O–H groups in total. The summed E-state index contributed by atoms with van der Waals surface area (Å²) in [4.78, 5) is 15.6. The van der Waals surface area contributed by atoms with Gasteiger partial charge in [-0.15, -0.1) is 11.3 Å². The zero-order chi connectivity index (χ0) is 16.1. The fourth-order valence-electron chi connectivity index (χ4n) is 3.07. The zero-order valence-electron chi connectivity index (χ0n) is 13.5. The summed E-state index contributed by atoms with van der Waals surface area (Å²) in [7, 11) is 0. The highest BCUT2D eigenvalue weighted by Gasteiger charge is 2.26. The maximum absolute atomic E-state index is 12.1. The van der Waals surface area contributed by atoms with E-state index in [1.54, 1.807) is 11.3 Å². The molecule has 0 spiro atoms. The fourth-order valence-corrected chi connectivity index (χ4v) is 3.71. The molecule has 1 fully saturated rings. The van der Waals surface area contributed by atoms with Crippen molar-refractivity contribution in [1.29, 1.82) is 0 Å². The first-order chi connectivity index (χ1) is 11.2. The van der Waals surface area contributed by atoms with Crippen molar-refractivity contribution < 1.29 is 9.32 Å². The molecule has 124 valence electrons. The minimum atomic E-state index is 0.110. The number of hydrogen-bond donors (Lipinski definition) is 1. The van der Waals surface area contributed by atoms with Gasteiger partial charge < -0.3 is 9.84 Å². The smallest absolute Gasteiger partial charge is 0.221 e. The van der Waals surface area contributed by atoms with Crippen LogP contribution in [0.1, 0.15) is 48.1 Å². The fraction of sp³-hybridized carbons (Fsp3) is 0.529. The molecule has 0 saturated carbocycles. The number of amides is 1. The zero-order valence-corrected chi connectivity index (χ0v) is 14.3. The van der Waals surface area contributed by atoms with E-state index < -0.39 is 0 Å². The van der Waals surface area contributed by atoms with Gasteiger partial charge in [0, 0.05) is 23.9 Å². The van der Waals surface area contributed by atoms with Crippen LogP contribution in [0.15, 0.2) is 28.1 Å². The van der Waals surface area contributed by atoms with E-state index in [1.807, 2.05) is 30.5 Å². The predicted octanol–water partition coefficient (Wildman–Crippen LogP) is 3.28. The summed E-state index contributed by atoms with van der Waals surface area (Å²) in [5.41, 5.74) is 1.00. The van der Waals surface area contributed by atoms with Crippen LogP contribution in [0.3, 0.4) is 0 Å². The predicted molar refractivity (Wildman–Crippen MR) is 90.2 cm³/mol. The van der Waals surface area contributed by atoms with Crippen molar-refractivity contribution >= 4 is 17.2 Å². The topological polar surface area (TPSA) is 58.4 Å². The minimum absolute atomic E-state index is 0.110. The van der Waals surface area contributed by atoms with Gasteiger partial charge >= 0.3 is 0 Å². The Morgan fingerprint density at radius 2 is 2.43 bits per heavy atom. The lowest BCUT2D eigenvalue weighted by Crippen LogP contribution is -2.36. The number of hydrogen-bond acceptors (Lipinski definition) is 5. The molecule has 23 heavy (non-hydrogen) atoms. The number of carbonyl (C=O) groups excluding carboxylic acids is 1. The van der Waals surface area contributed by atoms with Crippen LogP contribution in [-0.2, 0) is 11.3 Å². The Kier molecular flexibility index (Phi) is 5.46. The van der Waals surface area contributed by atoms with E-state index in [-0.39, 0.29) is 11.9 Å². The van der Waals surface area contributed by atoms with E-state index in [2.05, 4.69) is 15.4 Å². The van der Waals surface area contributed by atoms with E-state index in [0.29, 0.717) is 13.0 Å². The van der Waals surface area contributed by atoms with Gasteiger partial charge in [-0.25, -0.2) is 0 Å². The molecule has 0 bridgehead atoms. The number of aromatic nitrogens is 1. The van der Waals surface area contributed by atoms with Crippen LogP contribution >= 0.6 is 11.3 Å². The molecule has 0 unspecified atom stereocenters. The van der Waals surface area contributed by atoms with Gasteiger partial charge in [0.05, 0.1) is 12.6 Å². The third-order valence-corrected chi connectivity index (χ3v) is 5.14. The quantitative estimate of drug-likeness (QED) is 0.881. The molecule has 0 aromatic carbocycles. The minimum Gasteiger partial charge on any atom is -0.361 e. The average Bonchev–Trinajstić information content (AvgIpc) is 3.22. The van der Waals surface area contributed by atoms with Crippen LogP contribution in [-0.4, -0.2) is 29.1 Å². The number of nitrogens with one attached hydrogen (secondary N) is 1. The van der Waals surface area contributed by atoms with Crippen LogP contribution in [0.2, 0.25) is 0 Å². The van der Waals surface area contributed by atoms with Gasteiger partial charge in [-0.05, 0) is 37.8 Å². The van der Waals surface area contributed by atoms with Crippen molar-refractivity contribution in [2.45, 2.75) is 45.2 Å². The molecule has 3 rings (SSSR count). The van der Waals surface area contributed by atoms with Crippen molar-refractivity contribution in [3.05, 3.63) is 39.9 Å². The summed E-state index contributed by atoms with van der Waals surface area (Å²) in [5.74, 6) is 0.957. The molecule has 6 heteroatoms. The highest BCUT2D eigenvalue weighted by molar-refractivity contribution is 7.09. The second-order valence-electron chi connectivity index (χ2n) is 6.02. The first-order valence-corrected chi connectivity index (χ1v) is 9.06. The molecule has 0 radical (unpaired) electrons. The Bertz CT molecular complexity index is 624. The third kappa shape index (κ3) is 4.42. The lowest BCUT2D eigenvalue weighted by atomic mass is 9.99. The van der Waals surface area contributed by atoms with E-state index in [1.165, 1.54) is 17.7 Å². The Morgan fingerprint density at radius 3 is 3.17 bits per heavy atom. The van der Waals surface area contributed by atoms with E-state index in [0.717, 1.165) is 31.0 Å². The molecule has 0 aliphatic carbocycles. The van der Waals surface area contributed by atoms with Gasteiger partial charge in [0.2, 0.25) is 5.91 Å². The lowest BCUT2D eigenvalue weighted by Gasteiger charge is -2.34. The standard InChI is InChI=1S/C17H23N3O2S/c1-13-11-15(19-22-13)16-6-2-3-8-20(16)9-7-17(21)18-12-14-5-4-10-23-14/h4-5,10-11,16H,2-3,6-9,12H2,1H3,(H,18,21)/t16-/m0/s1. The summed E-state index contributed by atoms with van der Waals surface area (Å²) in [5, 5.41) is 9.19. The molecule has 2 aromatic heterocycles. The summed E-state index contributed by atoms with van der Waals surface area (Å²) < 4.78 is 5.22. The van der Waals surface area contributed by atoms with Crippen molar-refractivity contribution in [3.63, 3.8) is 0 Å². The molecular weight excluding hydrogens is 310 g/mol. The number of nitrogens with zero attached hydrogens (tertiary/aromatic N) is 2. The largest absolute Gasteiger partial charge is 0.361 e. The summed E-state index contributed by atoms with van der Waals surface area (Å²) in [6, 6.07) is 6.34. The van der Waals surface area contributed by atoms with E-state index in [9.17, 15) is 4.79 Å². The summed E-state index contributed by atoms with van der Waals surface area (Å²) in [6.45, 7) is 4.34. The molecule has 1 saturated heterocycles. The van der Waals surface area contributed by atoms with Gasteiger partial charge in [0.15, 0.2) is 0 Å². The highest BCUT2D eigenvalue weighted by atomic mass is 32.1. The number of aryl methyl sites for hydroxylation is 1. The van der Waals surface area contributed by atoms with Crippen LogP contribution in [0, 0.1) is 6.92 Å². The van der Waals surface area contributed by atoms with Crippen molar-refractivity contribution in [2.24, 2.45) is 0 Å². The summed E-state index contributed by atoms with van der Waals surface area (Å²) >= 11 is 1.67. The third-order valence-electron chi connectivity index (χ3n) is 4.27. The van der Waals surface area contributed by atoms with Crippen LogP contribution in [0.4, 0.5) is 0 Å². The van der Waals surface area contributed by atoms with Crippen molar-refractivity contribution in [3.8, 4) is 0 Å². The molecule has 1 amide bonds. The maximum Gasteiger partial charge on any atom is 0.221 e. The second-order valence-corrected chi connectivity index (χ2v) is 7.05. The van der Waals surface area contributed by atoms with Crippen molar-refractivity contribution in [2.75, 3.05) is 13.1 Å².